The first-order valence-corrected chi connectivity index (χ1v) is 11.3. The maximum absolute atomic E-state index is 13.1. The number of aldehydes is 1. The number of anilines is 3. The van der Waals surface area contributed by atoms with Gasteiger partial charge in [0.05, 0.1) is 22.6 Å². The minimum atomic E-state index is -4.49. The molecule has 2 aromatic carbocycles. The maximum atomic E-state index is 13.1. The normalized spacial score (nSPS) is 16.3. The summed E-state index contributed by atoms with van der Waals surface area (Å²) in [5.41, 5.74) is -0.296. The highest BCUT2D eigenvalue weighted by Gasteiger charge is 2.30. The molecule has 0 aliphatic carbocycles. The van der Waals surface area contributed by atoms with Gasteiger partial charge in [-0.05, 0) is 23.6 Å². The zero-order valence-electron chi connectivity index (χ0n) is 16.2. The van der Waals surface area contributed by atoms with E-state index in [4.69, 9.17) is 0 Å². The van der Waals surface area contributed by atoms with Crippen molar-refractivity contribution in [2.24, 2.45) is 0 Å². The molecule has 1 aliphatic rings. The first-order valence-electron chi connectivity index (χ1n) is 9.45. The van der Waals surface area contributed by atoms with Gasteiger partial charge in [0.2, 0.25) is 0 Å². The highest BCUT2D eigenvalue weighted by molar-refractivity contribution is 7.91. The topological polar surface area (TPSA) is 79.4 Å². The molecule has 162 valence electrons. The fourth-order valence-electron chi connectivity index (χ4n) is 3.56. The molecule has 3 aromatic rings. The summed E-state index contributed by atoms with van der Waals surface area (Å²) in [5, 5.41) is 4.07. The van der Waals surface area contributed by atoms with Crippen LogP contribution in [0.25, 0.3) is 10.8 Å². The number of nitrogens with zero attached hydrogens (tertiary/aromatic N) is 2. The van der Waals surface area contributed by atoms with Gasteiger partial charge in [-0.25, -0.2) is 13.4 Å². The third kappa shape index (κ3) is 4.34. The number of carbonyl (C=O) groups is 1. The first-order chi connectivity index (χ1) is 14.7. The van der Waals surface area contributed by atoms with Crippen molar-refractivity contribution in [2.75, 3.05) is 34.8 Å². The molecule has 0 radical (unpaired) electrons. The zero-order chi connectivity index (χ0) is 22.2. The summed E-state index contributed by atoms with van der Waals surface area (Å²) in [5.74, 6) is 0.467. The molecule has 0 atom stereocenters. The van der Waals surface area contributed by atoms with Crippen molar-refractivity contribution in [1.82, 2.24) is 4.98 Å². The third-order valence-electron chi connectivity index (χ3n) is 5.15. The second-order valence-electron chi connectivity index (χ2n) is 7.20. The number of hydrogen-bond donors (Lipinski definition) is 1. The molecule has 1 aromatic heterocycles. The van der Waals surface area contributed by atoms with Crippen molar-refractivity contribution >= 4 is 44.2 Å². The fourth-order valence-corrected chi connectivity index (χ4v) is 4.76. The van der Waals surface area contributed by atoms with Crippen LogP contribution in [-0.2, 0) is 16.0 Å². The molecule has 1 N–H and O–H groups in total. The summed E-state index contributed by atoms with van der Waals surface area (Å²) in [6, 6.07) is 11.7. The summed E-state index contributed by atoms with van der Waals surface area (Å²) in [6.07, 6.45) is -3.82. The molecule has 0 unspecified atom stereocenters. The van der Waals surface area contributed by atoms with E-state index in [9.17, 15) is 26.4 Å². The summed E-state index contributed by atoms with van der Waals surface area (Å²) in [6.45, 7) is 0.356. The Morgan fingerprint density at radius 3 is 2.32 bits per heavy atom. The minimum Gasteiger partial charge on any atom is -0.354 e. The van der Waals surface area contributed by atoms with Crippen molar-refractivity contribution in [3.8, 4) is 0 Å². The zero-order valence-corrected chi connectivity index (χ0v) is 17.0. The average Bonchev–Trinajstić information content (AvgIpc) is 2.73. The van der Waals surface area contributed by atoms with Crippen LogP contribution in [0.1, 0.15) is 15.9 Å². The molecule has 4 rings (SSSR count). The standard InChI is InChI=1S/C21H18F3N3O3S/c22-21(23,24)14-4-3-5-15(12-14)25-19-17-7-2-1-6-16(17)18(13-28)20(26-19)27-8-10-31(29,30)11-9-27/h1-7,12-13H,8-11H2,(H,25,26). The predicted octanol–water partition coefficient (Wildman–Crippen LogP) is 4.04. The van der Waals surface area contributed by atoms with E-state index >= 15 is 0 Å². The number of benzene rings is 2. The van der Waals surface area contributed by atoms with Gasteiger partial charge in [-0.1, -0.05) is 30.3 Å². The lowest BCUT2D eigenvalue weighted by Crippen LogP contribution is -2.41. The Kier molecular flexibility index (Phi) is 5.34. The number of alkyl halides is 3. The van der Waals surface area contributed by atoms with E-state index in [0.29, 0.717) is 28.4 Å². The molecule has 0 spiro atoms. The van der Waals surface area contributed by atoms with Gasteiger partial charge in [-0.3, -0.25) is 4.79 Å². The van der Waals surface area contributed by atoms with E-state index < -0.39 is 21.6 Å². The molecule has 0 amide bonds. The smallest absolute Gasteiger partial charge is 0.354 e. The van der Waals surface area contributed by atoms with Crippen LogP contribution in [0.2, 0.25) is 0 Å². The molecule has 6 nitrogen and oxygen atoms in total. The monoisotopic (exact) mass is 449 g/mol. The minimum absolute atomic E-state index is 0.0593. The Balaban J connectivity index is 1.81. The van der Waals surface area contributed by atoms with Gasteiger partial charge in [-0.2, -0.15) is 13.2 Å². The van der Waals surface area contributed by atoms with Gasteiger partial charge in [0.15, 0.2) is 16.1 Å². The van der Waals surface area contributed by atoms with Gasteiger partial charge in [0, 0.05) is 24.2 Å². The average molecular weight is 449 g/mol. The quantitative estimate of drug-likeness (QED) is 0.606. The largest absolute Gasteiger partial charge is 0.416 e. The number of rotatable bonds is 4. The van der Waals surface area contributed by atoms with Crippen molar-refractivity contribution < 1.29 is 26.4 Å². The highest BCUT2D eigenvalue weighted by Crippen LogP contribution is 2.35. The number of halogens is 3. The number of fused-ring (bicyclic) bond motifs is 1. The number of aromatic nitrogens is 1. The lowest BCUT2D eigenvalue weighted by atomic mass is 10.1. The second-order valence-corrected chi connectivity index (χ2v) is 9.51. The molecule has 0 saturated carbocycles. The first kappa shape index (κ1) is 21.1. The summed E-state index contributed by atoms with van der Waals surface area (Å²) in [7, 11) is -3.14. The van der Waals surface area contributed by atoms with E-state index in [1.165, 1.54) is 12.1 Å². The summed E-state index contributed by atoms with van der Waals surface area (Å²) >= 11 is 0. The van der Waals surface area contributed by atoms with E-state index in [1.54, 1.807) is 29.2 Å². The molecular formula is C21H18F3N3O3S. The Labute approximate surface area is 176 Å². The Hall–Kier alpha value is -3.14. The van der Waals surface area contributed by atoms with E-state index in [0.717, 1.165) is 12.1 Å². The van der Waals surface area contributed by atoms with E-state index in [2.05, 4.69) is 10.3 Å². The van der Waals surface area contributed by atoms with Crippen molar-refractivity contribution in [1.29, 1.82) is 0 Å². The highest BCUT2D eigenvalue weighted by atomic mass is 32.2. The fraction of sp³-hybridized carbons (Fsp3) is 0.238. The third-order valence-corrected chi connectivity index (χ3v) is 6.75. The van der Waals surface area contributed by atoms with Crippen LogP contribution in [0.5, 0.6) is 0 Å². The van der Waals surface area contributed by atoms with Gasteiger partial charge in [-0.15, -0.1) is 0 Å². The van der Waals surface area contributed by atoms with Crippen LogP contribution in [0.3, 0.4) is 0 Å². The Bertz CT molecular complexity index is 1250. The van der Waals surface area contributed by atoms with Gasteiger partial charge < -0.3 is 10.2 Å². The van der Waals surface area contributed by atoms with Crippen molar-refractivity contribution in [2.45, 2.75) is 6.18 Å². The van der Waals surface area contributed by atoms with Crippen molar-refractivity contribution in [3.05, 3.63) is 59.7 Å². The second kappa shape index (κ2) is 7.84. The number of carbonyl (C=O) groups excluding carboxylic acids is 1. The van der Waals surface area contributed by atoms with Gasteiger partial charge in [0.25, 0.3) is 0 Å². The molecule has 31 heavy (non-hydrogen) atoms. The summed E-state index contributed by atoms with van der Waals surface area (Å²) in [4.78, 5) is 18.2. The number of hydrogen-bond acceptors (Lipinski definition) is 6. The molecule has 2 heterocycles. The maximum Gasteiger partial charge on any atom is 0.416 e. The number of pyridine rings is 1. The van der Waals surface area contributed by atoms with E-state index in [-0.39, 0.29) is 36.1 Å². The van der Waals surface area contributed by atoms with Gasteiger partial charge in [0.1, 0.15) is 11.6 Å². The van der Waals surface area contributed by atoms with Crippen LogP contribution in [0.4, 0.5) is 30.5 Å². The van der Waals surface area contributed by atoms with Crippen LogP contribution in [-0.4, -0.2) is 44.3 Å². The van der Waals surface area contributed by atoms with Crippen LogP contribution in [0.15, 0.2) is 48.5 Å². The molecular weight excluding hydrogens is 431 g/mol. The lowest BCUT2D eigenvalue weighted by molar-refractivity contribution is -0.137. The Morgan fingerprint density at radius 1 is 1.00 bits per heavy atom. The number of nitrogens with one attached hydrogen (secondary N) is 1. The SMILES string of the molecule is O=Cc1c(N2CCS(=O)(=O)CC2)nc(Nc2cccc(C(F)(F)F)c2)c2ccccc12. The van der Waals surface area contributed by atoms with E-state index in [1.807, 2.05) is 0 Å². The molecule has 0 bridgehead atoms. The van der Waals surface area contributed by atoms with Crippen LogP contribution in [0, 0.1) is 0 Å². The summed E-state index contributed by atoms with van der Waals surface area (Å²) < 4.78 is 62.9. The number of sulfone groups is 1. The van der Waals surface area contributed by atoms with Crippen LogP contribution < -0.4 is 10.2 Å². The lowest BCUT2D eigenvalue weighted by Gasteiger charge is -2.29. The molecule has 10 heteroatoms. The van der Waals surface area contributed by atoms with Crippen LogP contribution >= 0.6 is 0 Å². The molecule has 1 saturated heterocycles. The molecule has 1 aliphatic heterocycles. The Morgan fingerprint density at radius 2 is 1.68 bits per heavy atom. The predicted molar refractivity (Wildman–Crippen MR) is 113 cm³/mol. The van der Waals surface area contributed by atoms with Crippen molar-refractivity contribution in [3.63, 3.8) is 0 Å². The molecule has 1 fully saturated rings. The van der Waals surface area contributed by atoms with Gasteiger partial charge >= 0.3 is 6.18 Å².